The number of rotatable bonds is 6. The van der Waals surface area contributed by atoms with Gasteiger partial charge in [0.05, 0.1) is 22.6 Å². The normalized spacial score (nSPS) is 11.0. The molecule has 3 aromatic heterocycles. The molecule has 0 aliphatic heterocycles. The van der Waals surface area contributed by atoms with Gasteiger partial charge in [-0.15, -0.1) is 0 Å². The molecule has 7 heteroatoms. The number of imidazole rings is 1. The molecule has 5 aromatic rings. The van der Waals surface area contributed by atoms with E-state index >= 15 is 0 Å². The van der Waals surface area contributed by atoms with Gasteiger partial charge in [-0.3, -0.25) is 4.79 Å². The highest BCUT2D eigenvalue weighted by atomic mass is 16.5. The summed E-state index contributed by atoms with van der Waals surface area (Å²) in [5.74, 6) is 0.260. The lowest BCUT2D eigenvalue weighted by Gasteiger charge is -2.12. The minimum absolute atomic E-state index is 0.244. The maximum Gasteiger partial charge on any atom is 0.259 e. The van der Waals surface area contributed by atoms with Crippen molar-refractivity contribution in [3.8, 4) is 11.4 Å². The van der Waals surface area contributed by atoms with E-state index < -0.39 is 0 Å². The van der Waals surface area contributed by atoms with Crippen LogP contribution in [0.1, 0.15) is 33.0 Å². The minimum Gasteiger partial charge on any atom is -0.486 e. The highest BCUT2D eigenvalue weighted by Crippen LogP contribution is 2.23. The monoisotopic (exact) mass is 451 g/mol. The molecule has 0 radical (unpaired) electrons. The highest BCUT2D eigenvalue weighted by molar-refractivity contribution is 6.06. The number of anilines is 1. The molecule has 0 unspecified atom stereocenters. The van der Waals surface area contributed by atoms with E-state index in [0.29, 0.717) is 17.0 Å². The van der Waals surface area contributed by atoms with Crippen molar-refractivity contribution in [2.75, 3.05) is 5.32 Å². The molecule has 0 spiro atoms. The number of amides is 1. The van der Waals surface area contributed by atoms with Crippen molar-refractivity contribution in [3.05, 3.63) is 107 Å². The number of carbonyl (C=O) groups is 1. The molecule has 0 aliphatic rings. The fourth-order valence-electron chi connectivity index (χ4n) is 4.01. The van der Waals surface area contributed by atoms with E-state index in [1.165, 1.54) is 0 Å². The molecule has 170 valence electrons. The van der Waals surface area contributed by atoms with Crippen LogP contribution in [0, 0.1) is 20.8 Å². The second-order valence-corrected chi connectivity index (χ2v) is 8.28. The maximum atomic E-state index is 13.1. The summed E-state index contributed by atoms with van der Waals surface area (Å²) in [6, 6.07) is 20.9. The number of hydrogen-bond donors (Lipinski definition) is 1. The highest BCUT2D eigenvalue weighted by Gasteiger charge is 2.14. The first-order chi connectivity index (χ1) is 16.5. The Balaban J connectivity index is 1.34. The average molecular weight is 452 g/mol. The van der Waals surface area contributed by atoms with Crippen molar-refractivity contribution in [2.45, 2.75) is 27.4 Å². The topological polar surface area (TPSA) is 73.5 Å². The van der Waals surface area contributed by atoms with E-state index in [9.17, 15) is 4.79 Å². The Morgan fingerprint density at radius 2 is 1.85 bits per heavy atom. The van der Waals surface area contributed by atoms with Crippen LogP contribution in [0.4, 0.5) is 5.69 Å². The van der Waals surface area contributed by atoms with Crippen molar-refractivity contribution in [1.29, 1.82) is 0 Å². The third-order valence-electron chi connectivity index (χ3n) is 5.59. The van der Waals surface area contributed by atoms with Gasteiger partial charge in [0.2, 0.25) is 0 Å². The molecule has 0 saturated carbocycles. The predicted molar refractivity (Wildman–Crippen MR) is 132 cm³/mol. The molecule has 0 saturated heterocycles. The molecule has 3 heterocycles. The minimum atomic E-state index is -0.244. The number of benzene rings is 2. The van der Waals surface area contributed by atoms with Crippen molar-refractivity contribution in [3.63, 3.8) is 0 Å². The number of para-hydroxylation sites is 1. The van der Waals surface area contributed by atoms with E-state index in [-0.39, 0.29) is 12.5 Å². The smallest absolute Gasteiger partial charge is 0.259 e. The van der Waals surface area contributed by atoms with Crippen LogP contribution in [0.15, 0.2) is 79.1 Å². The quantitative estimate of drug-likeness (QED) is 0.381. The molecule has 1 amide bonds. The van der Waals surface area contributed by atoms with Crippen molar-refractivity contribution >= 4 is 17.2 Å². The number of hydrogen-bond acceptors (Lipinski definition) is 4. The van der Waals surface area contributed by atoms with Gasteiger partial charge in [0.25, 0.3) is 5.91 Å². The molecule has 0 aliphatic carbocycles. The van der Waals surface area contributed by atoms with Crippen LogP contribution < -0.4 is 10.1 Å². The summed E-state index contributed by atoms with van der Waals surface area (Å²) < 4.78 is 9.85. The maximum absolute atomic E-state index is 13.1. The Bertz CT molecular complexity index is 1500. The van der Waals surface area contributed by atoms with Crippen LogP contribution >= 0.6 is 0 Å². The van der Waals surface area contributed by atoms with Gasteiger partial charge >= 0.3 is 0 Å². The SMILES string of the molecule is Cc1cc(C)n(-c2cccc(NC(=O)c3ccccc3OCc3cn4cccc(C)c4n3)c2)n1. The number of ether oxygens (including phenoxy) is 1. The Hall–Kier alpha value is -4.39. The van der Waals surface area contributed by atoms with Gasteiger partial charge in [-0.1, -0.05) is 24.3 Å². The Kier molecular flexibility index (Phi) is 5.59. The lowest BCUT2D eigenvalue weighted by molar-refractivity contribution is 0.102. The number of pyridine rings is 1. The number of nitrogens with one attached hydrogen (secondary N) is 1. The standard InChI is InChI=1S/C27H25N5O2/c1-18-8-7-13-31-16-22(28-26(18)31)17-34-25-12-5-4-11-24(25)27(33)29-21-9-6-10-23(15-21)32-20(3)14-19(2)30-32/h4-16H,17H2,1-3H3,(H,29,33). The molecule has 7 nitrogen and oxygen atoms in total. The molecular formula is C27H25N5O2. The first-order valence-corrected chi connectivity index (χ1v) is 11.1. The van der Waals surface area contributed by atoms with Crippen molar-refractivity contribution in [2.24, 2.45) is 0 Å². The summed E-state index contributed by atoms with van der Waals surface area (Å²) in [5, 5.41) is 7.51. The van der Waals surface area contributed by atoms with Gasteiger partial charge in [-0.2, -0.15) is 5.10 Å². The van der Waals surface area contributed by atoms with Gasteiger partial charge in [0.1, 0.15) is 18.0 Å². The summed E-state index contributed by atoms with van der Waals surface area (Å²) in [5.41, 5.74) is 6.78. The zero-order valence-electron chi connectivity index (χ0n) is 19.3. The average Bonchev–Trinajstić information content (AvgIpc) is 3.41. The molecule has 0 fully saturated rings. The fraction of sp³-hybridized carbons (Fsp3) is 0.148. The summed E-state index contributed by atoms with van der Waals surface area (Å²) in [7, 11) is 0. The van der Waals surface area contributed by atoms with E-state index in [1.807, 2.05) is 96.8 Å². The molecule has 2 aromatic carbocycles. The first kappa shape index (κ1) is 21.5. The van der Waals surface area contributed by atoms with Gasteiger partial charge in [-0.25, -0.2) is 9.67 Å². The second kappa shape index (κ2) is 8.86. The molecular weight excluding hydrogens is 426 g/mol. The zero-order valence-corrected chi connectivity index (χ0v) is 19.3. The Morgan fingerprint density at radius 1 is 1.00 bits per heavy atom. The van der Waals surface area contributed by atoms with Crippen LogP contribution in [0.25, 0.3) is 11.3 Å². The lowest BCUT2D eigenvalue weighted by atomic mass is 10.1. The number of carbonyl (C=O) groups excluding carboxylic acids is 1. The van der Waals surface area contributed by atoms with Gasteiger partial charge in [-0.05, 0) is 68.8 Å². The molecule has 0 bridgehead atoms. The third-order valence-corrected chi connectivity index (χ3v) is 5.59. The largest absolute Gasteiger partial charge is 0.486 e. The van der Waals surface area contributed by atoms with Gasteiger partial charge in [0, 0.05) is 23.8 Å². The zero-order chi connectivity index (χ0) is 23.7. The first-order valence-electron chi connectivity index (χ1n) is 11.1. The van der Waals surface area contributed by atoms with Gasteiger partial charge in [0.15, 0.2) is 0 Å². The van der Waals surface area contributed by atoms with Crippen LogP contribution in [0.2, 0.25) is 0 Å². The predicted octanol–water partition coefficient (Wildman–Crippen LogP) is 5.28. The number of nitrogens with zero attached hydrogens (tertiary/aromatic N) is 4. The molecule has 5 rings (SSSR count). The molecule has 1 N–H and O–H groups in total. The van der Waals surface area contributed by atoms with Crippen LogP contribution in [-0.4, -0.2) is 25.1 Å². The van der Waals surface area contributed by atoms with Crippen LogP contribution in [-0.2, 0) is 6.61 Å². The third kappa shape index (κ3) is 4.28. The van der Waals surface area contributed by atoms with E-state index in [2.05, 4.69) is 15.4 Å². The van der Waals surface area contributed by atoms with E-state index in [1.54, 1.807) is 12.1 Å². The number of aromatic nitrogens is 4. The fourth-order valence-corrected chi connectivity index (χ4v) is 4.01. The lowest BCUT2D eigenvalue weighted by Crippen LogP contribution is -2.14. The van der Waals surface area contributed by atoms with E-state index in [4.69, 9.17) is 4.74 Å². The van der Waals surface area contributed by atoms with Crippen LogP contribution in [0.3, 0.4) is 0 Å². The number of fused-ring (bicyclic) bond motifs is 1. The summed E-state index contributed by atoms with van der Waals surface area (Å²) >= 11 is 0. The summed E-state index contributed by atoms with van der Waals surface area (Å²) in [6.45, 7) is 6.25. The Morgan fingerprint density at radius 3 is 2.65 bits per heavy atom. The Labute approximate surface area is 197 Å². The van der Waals surface area contributed by atoms with Gasteiger partial charge < -0.3 is 14.5 Å². The summed E-state index contributed by atoms with van der Waals surface area (Å²) in [6.07, 6.45) is 3.90. The summed E-state index contributed by atoms with van der Waals surface area (Å²) in [4.78, 5) is 17.8. The van der Waals surface area contributed by atoms with Crippen LogP contribution in [0.5, 0.6) is 5.75 Å². The molecule has 34 heavy (non-hydrogen) atoms. The molecule has 0 atom stereocenters. The van der Waals surface area contributed by atoms with Crippen molar-refractivity contribution < 1.29 is 9.53 Å². The second-order valence-electron chi connectivity index (χ2n) is 8.28. The van der Waals surface area contributed by atoms with Crippen molar-refractivity contribution in [1.82, 2.24) is 19.2 Å². The number of aryl methyl sites for hydroxylation is 3. The van der Waals surface area contributed by atoms with E-state index in [0.717, 1.165) is 34.0 Å².